The van der Waals surface area contributed by atoms with Crippen molar-refractivity contribution in [3.05, 3.63) is 29.6 Å². The summed E-state index contributed by atoms with van der Waals surface area (Å²) in [6.07, 6.45) is 3.50. The Morgan fingerprint density at radius 2 is 2.26 bits per heavy atom. The topological polar surface area (TPSA) is 69.8 Å². The first kappa shape index (κ1) is 13.5. The molecule has 0 saturated carbocycles. The zero-order valence-corrected chi connectivity index (χ0v) is 11.6. The molecule has 3 N–H and O–H groups in total. The van der Waals surface area contributed by atoms with Gasteiger partial charge in [-0.2, -0.15) is 0 Å². The van der Waals surface area contributed by atoms with Crippen molar-refractivity contribution >= 4 is 16.9 Å². The fourth-order valence-corrected chi connectivity index (χ4v) is 2.05. The maximum Gasteiger partial charge on any atom is 0.252 e. The van der Waals surface area contributed by atoms with Gasteiger partial charge in [0.05, 0.1) is 5.56 Å². The van der Waals surface area contributed by atoms with Crippen LogP contribution in [0.25, 0.3) is 11.0 Å². The number of H-pyrrole nitrogens is 1. The summed E-state index contributed by atoms with van der Waals surface area (Å²) < 4.78 is 0. The number of aromatic amines is 1. The Bertz CT molecular complexity index is 576. The minimum atomic E-state index is -0.0713. The third kappa shape index (κ3) is 3.12. The molecule has 2 aromatic heterocycles. The highest BCUT2D eigenvalue weighted by Gasteiger charge is 2.10. The maximum absolute atomic E-state index is 12.0. The van der Waals surface area contributed by atoms with Gasteiger partial charge in [-0.3, -0.25) is 4.79 Å². The van der Waals surface area contributed by atoms with Gasteiger partial charge in [-0.25, -0.2) is 4.98 Å². The molecule has 1 amide bonds. The van der Waals surface area contributed by atoms with Gasteiger partial charge in [0.1, 0.15) is 5.65 Å². The first-order chi connectivity index (χ1) is 9.11. The highest BCUT2D eigenvalue weighted by molar-refractivity contribution is 5.97. The quantitative estimate of drug-likeness (QED) is 0.762. The van der Waals surface area contributed by atoms with E-state index in [0.717, 1.165) is 23.1 Å². The van der Waals surface area contributed by atoms with Gasteiger partial charge in [0.25, 0.3) is 5.91 Å². The molecule has 0 spiro atoms. The van der Waals surface area contributed by atoms with E-state index in [1.807, 2.05) is 26.2 Å². The van der Waals surface area contributed by atoms with Crippen LogP contribution in [0, 0.1) is 12.8 Å². The molecular weight excluding hydrogens is 240 g/mol. The molecular formula is C14H20N4O. The van der Waals surface area contributed by atoms with Crippen molar-refractivity contribution < 1.29 is 4.79 Å². The van der Waals surface area contributed by atoms with Gasteiger partial charge in [0, 0.05) is 24.3 Å². The second-order valence-electron chi connectivity index (χ2n) is 4.96. The Morgan fingerprint density at radius 3 is 3.00 bits per heavy atom. The number of fused-ring (bicyclic) bond motifs is 1. The molecule has 0 aromatic carbocycles. The number of carbonyl (C=O) groups is 1. The predicted octanol–water partition coefficient (Wildman–Crippen LogP) is 1.46. The number of hydrogen-bond donors (Lipinski definition) is 3. The number of amides is 1. The lowest BCUT2D eigenvalue weighted by molar-refractivity contribution is 0.0948. The second kappa shape index (κ2) is 5.84. The van der Waals surface area contributed by atoms with Gasteiger partial charge in [0.2, 0.25) is 0 Å². The molecule has 0 radical (unpaired) electrons. The van der Waals surface area contributed by atoms with Crippen LogP contribution < -0.4 is 10.6 Å². The Morgan fingerprint density at radius 1 is 1.47 bits per heavy atom. The zero-order valence-electron chi connectivity index (χ0n) is 11.6. The molecule has 1 atom stereocenters. The lowest BCUT2D eigenvalue weighted by Gasteiger charge is -2.11. The normalized spacial score (nSPS) is 12.6. The van der Waals surface area contributed by atoms with Crippen molar-refractivity contribution in [2.75, 3.05) is 20.1 Å². The van der Waals surface area contributed by atoms with Gasteiger partial charge >= 0.3 is 0 Å². The second-order valence-corrected chi connectivity index (χ2v) is 4.96. The van der Waals surface area contributed by atoms with E-state index in [-0.39, 0.29) is 5.91 Å². The summed E-state index contributed by atoms with van der Waals surface area (Å²) in [5.41, 5.74) is 2.52. The van der Waals surface area contributed by atoms with Crippen LogP contribution in [-0.4, -0.2) is 36.0 Å². The predicted molar refractivity (Wildman–Crippen MR) is 76.3 cm³/mol. The Hall–Kier alpha value is -1.88. The Labute approximate surface area is 112 Å². The fraction of sp³-hybridized carbons (Fsp3) is 0.429. The molecule has 19 heavy (non-hydrogen) atoms. The van der Waals surface area contributed by atoms with Crippen molar-refractivity contribution in [2.45, 2.75) is 13.8 Å². The van der Waals surface area contributed by atoms with Crippen LogP contribution in [0.15, 0.2) is 18.5 Å². The summed E-state index contributed by atoms with van der Waals surface area (Å²) in [4.78, 5) is 19.4. The summed E-state index contributed by atoms with van der Waals surface area (Å²) in [6, 6.07) is 1.88. The Balaban J connectivity index is 2.06. The van der Waals surface area contributed by atoms with Gasteiger partial charge in [-0.05, 0) is 38.1 Å². The van der Waals surface area contributed by atoms with Gasteiger partial charge < -0.3 is 15.6 Å². The average molecular weight is 260 g/mol. The molecule has 0 aliphatic rings. The molecule has 0 aliphatic carbocycles. The number of pyridine rings is 1. The number of aromatic nitrogens is 2. The third-order valence-corrected chi connectivity index (χ3v) is 3.16. The first-order valence-electron chi connectivity index (χ1n) is 6.48. The largest absolute Gasteiger partial charge is 0.352 e. The molecule has 2 rings (SSSR count). The average Bonchev–Trinajstić information content (AvgIpc) is 2.78. The summed E-state index contributed by atoms with van der Waals surface area (Å²) in [6.45, 7) is 5.63. The van der Waals surface area contributed by atoms with E-state index in [2.05, 4.69) is 27.5 Å². The van der Waals surface area contributed by atoms with Crippen LogP contribution in [0.2, 0.25) is 0 Å². The van der Waals surface area contributed by atoms with Gasteiger partial charge in [0.15, 0.2) is 0 Å². The zero-order chi connectivity index (χ0) is 13.8. The van der Waals surface area contributed by atoms with E-state index in [9.17, 15) is 4.79 Å². The SMILES string of the molecule is CNCC(C)CNC(=O)c1cnc2[nH]cc(C)c2c1. The van der Waals surface area contributed by atoms with Crippen LogP contribution in [-0.2, 0) is 0 Å². The number of rotatable bonds is 5. The van der Waals surface area contributed by atoms with Crippen LogP contribution in [0.5, 0.6) is 0 Å². The minimum absolute atomic E-state index is 0.0713. The monoisotopic (exact) mass is 260 g/mol. The molecule has 5 heteroatoms. The van der Waals surface area contributed by atoms with E-state index >= 15 is 0 Å². The molecule has 0 saturated heterocycles. The molecule has 0 bridgehead atoms. The highest BCUT2D eigenvalue weighted by atomic mass is 16.1. The first-order valence-corrected chi connectivity index (χ1v) is 6.48. The van der Waals surface area contributed by atoms with Crippen molar-refractivity contribution in [3.8, 4) is 0 Å². The number of carbonyl (C=O) groups excluding carboxylic acids is 1. The molecule has 102 valence electrons. The standard InChI is InChI=1S/C14H20N4O/c1-9(5-15-3)6-18-14(19)11-4-12-10(2)7-16-13(12)17-8-11/h4,7-9,15H,5-6H2,1-3H3,(H,16,17)(H,18,19). The van der Waals surface area contributed by atoms with E-state index in [1.54, 1.807) is 6.20 Å². The van der Waals surface area contributed by atoms with E-state index in [4.69, 9.17) is 0 Å². The smallest absolute Gasteiger partial charge is 0.252 e. The third-order valence-electron chi connectivity index (χ3n) is 3.16. The molecule has 0 aliphatic heterocycles. The summed E-state index contributed by atoms with van der Waals surface area (Å²) >= 11 is 0. The fourth-order valence-electron chi connectivity index (χ4n) is 2.05. The van der Waals surface area contributed by atoms with Crippen molar-refractivity contribution in [2.24, 2.45) is 5.92 Å². The lowest BCUT2D eigenvalue weighted by Crippen LogP contribution is -2.32. The van der Waals surface area contributed by atoms with E-state index in [1.165, 1.54) is 0 Å². The lowest BCUT2D eigenvalue weighted by atomic mass is 10.1. The number of nitrogens with zero attached hydrogens (tertiary/aromatic N) is 1. The molecule has 5 nitrogen and oxygen atoms in total. The van der Waals surface area contributed by atoms with Gasteiger partial charge in [-0.15, -0.1) is 0 Å². The number of hydrogen-bond acceptors (Lipinski definition) is 3. The van der Waals surface area contributed by atoms with E-state index in [0.29, 0.717) is 18.0 Å². The van der Waals surface area contributed by atoms with E-state index < -0.39 is 0 Å². The van der Waals surface area contributed by atoms with Crippen LogP contribution in [0.4, 0.5) is 0 Å². The van der Waals surface area contributed by atoms with Crippen LogP contribution in [0.3, 0.4) is 0 Å². The Kier molecular flexibility index (Phi) is 4.16. The van der Waals surface area contributed by atoms with Crippen molar-refractivity contribution in [1.29, 1.82) is 0 Å². The maximum atomic E-state index is 12.0. The minimum Gasteiger partial charge on any atom is -0.352 e. The molecule has 2 aromatic rings. The molecule has 0 fully saturated rings. The number of aryl methyl sites for hydroxylation is 1. The van der Waals surface area contributed by atoms with Crippen LogP contribution >= 0.6 is 0 Å². The molecule has 1 unspecified atom stereocenters. The summed E-state index contributed by atoms with van der Waals surface area (Å²) in [7, 11) is 1.91. The number of nitrogens with one attached hydrogen (secondary N) is 3. The molecule has 2 heterocycles. The highest BCUT2D eigenvalue weighted by Crippen LogP contribution is 2.16. The summed E-state index contributed by atoms with van der Waals surface area (Å²) in [5.74, 6) is 0.331. The van der Waals surface area contributed by atoms with Crippen LogP contribution in [0.1, 0.15) is 22.8 Å². The van der Waals surface area contributed by atoms with Crippen molar-refractivity contribution in [1.82, 2.24) is 20.6 Å². The summed E-state index contributed by atoms with van der Waals surface area (Å²) in [5, 5.41) is 7.02. The van der Waals surface area contributed by atoms with Crippen molar-refractivity contribution in [3.63, 3.8) is 0 Å². The van der Waals surface area contributed by atoms with Gasteiger partial charge in [-0.1, -0.05) is 6.92 Å².